The van der Waals surface area contributed by atoms with Crippen molar-refractivity contribution in [1.29, 1.82) is 0 Å². The molecule has 0 fully saturated rings. The van der Waals surface area contributed by atoms with E-state index >= 15 is 0 Å². The van der Waals surface area contributed by atoms with Crippen molar-refractivity contribution in [1.82, 2.24) is 9.97 Å². The lowest BCUT2D eigenvalue weighted by atomic mass is 10.1. The Labute approximate surface area is 71.5 Å². The molecule has 1 atom stereocenters. The minimum Gasteiger partial charge on any atom is -0.387 e. The third-order valence-corrected chi connectivity index (χ3v) is 1.67. The van der Waals surface area contributed by atoms with E-state index in [1.54, 1.807) is 12.4 Å². The van der Waals surface area contributed by atoms with Crippen LogP contribution in [0.3, 0.4) is 0 Å². The summed E-state index contributed by atoms with van der Waals surface area (Å²) < 4.78 is 0. The van der Waals surface area contributed by atoms with Gasteiger partial charge in [-0.15, -0.1) is 0 Å². The van der Waals surface area contributed by atoms with Crippen LogP contribution in [-0.4, -0.2) is 21.6 Å². The van der Waals surface area contributed by atoms with E-state index in [9.17, 15) is 5.11 Å². The maximum atomic E-state index is 9.52. The maximum Gasteiger partial charge on any atom is 0.0990 e. The molecule has 0 radical (unpaired) electrons. The van der Waals surface area contributed by atoms with Crippen LogP contribution in [0.15, 0.2) is 12.4 Å². The molecule has 1 unspecified atom stereocenters. The molecule has 0 bridgehead atoms. The second-order valence-corrected chi connectivity index (χ2v) is 2.62. The molecule has 0 aliphatic rings. The lowest BCUT2D eigenvalue weighted by Gasteiger charge is -2.09. The Morgan fingerprint density at radius 3 is 2.75 bits per heavy atom. The van der Waals surface area contributed by atoms with Gasteiger partial charge in [0.05, 0.1) is 17.5 Å². The van der Waals surface area contributed by atoms with Crippen molar-refractivity contribution in [3.63, 3.8) is 0 Å². The molecule has 1 rings (SSSR count). The van der Waals surface area contributed by atoms with Gasteiger partial charge in [-0.25, -0.2) is 0 Å². The average Bonchev–Trinajstić information content (AvgIpc) is 2.05. The number of aliphatic hydroxyl groups is 1. The minimum atomic E-state index is -0.580. The highest BCUT2D eigenvalue weighted by Gasteiger charge is 2.10. The fraction of sp³-hybridized carbons (Fsp3) is 0.500. The lowest BCUT2D eigenvalue weighted by Crippen LogP contribution is -2.10. The van der Waals surface area contributed by atoms with Crippen molar-refractivity contribution in [2.45, 2.75) is 19.4 Å². The molecule has 0 saturated heterocycles. The normalized spacial score (nSPS) is 12.9. The summed E-state index contributed by atoms with van der Waals surface area (Å²) in [5, 5.41) is 9.52. The molecular formula is C8H13N3O. The first-order valence-corrected chi connectivity index (χ1v) is 3.91. The summed E-state index contributed by atoms with van der Waals surface area (Å²) in [4.78, 5) is 8.05. The largest absolute Gasteiger partial charge is 0.387 e. The topological polar surface area (TPSA) is 72.0 Å². The van der Waals surface area contributed by atoms with Gasteiger partial charge in [0.1, 0.15) is 0 Å². The number of hydrogen-bond donors (Lipinski definition) is 2. The van der Waals surface area contributed by atoms with Crippen LogP contribution in [0, 0.1) is 6.92 Å². The number of nitrogens with zero attached hydrogens (tertiary/aromatic N) is 2. The summed E-state index contributed by atoms with van der Waals surface area (Å²) in [6.45, 7) is 2.28. The molecule has 3 N–H and O–H groups in total. The fourth-order valence-electron chi connectivity index (χ4n) is 1.04. The molecule has 4 nitrogen and oxygen atoms in total. The number of aromatic nitrogens is 2. The Hall–Kier alpha value is -1.00. The molecule has 1 aromatic heterocycles. The molecule has 0 aliphatic heterocycles. The van der Waals surface area contributed by atoms with E-state index in [1.807, 2.05) is 6.92 Å². The number of aryl methyl sites for hydroxylation is 1. The smallest absolute Gasteiger partial charge is 0.0990 e. The first kappa shape index (κ1) is 9.09. The van der Waals surface area contributed by atoms with Gasteiger partial charge in [0.15, 0.2) is 0 Å². The third kappa shape index (κ3) is 1.99. The predicted octanol–water partition coefficient (Wildman–Crippen LogP) is 0.167. The van der Waals surface area contributed by atoms with E-state index in [4.69, 9.17) is 5.73 Å². The summed E-state index contributed by atoms with van der Waals surface area (Å²) in [5.41, 5.74) is 6.70. The van der Waals surface area contributed by atoms with E-state index in [-0.39, 0.29) is 0 Å². The highest BCUT2D eigenvalue weighted by molar-refractivity contribution is 5.11. The van der Waals surface area contributed by atoms with Crippen LogP contribution >= 0.6 is 0 Å². The molecular weight excluding hydrogens is 154 g/mol. The zero-order valence-electron chi connectivity index (χ0n) is 7.07. The van der Waals surface area contributed by atoms with Crippen molar-refractivity contribution in [3.05, 3.63) is 23.8 Å². The van der Waals surface area contributed by atoms with E-state index < -0.39 is 6.10 Å². The Kier molecular flexibility index (Phi) is 3.13. The summed E-state index contributed by atoms with van der Waals surface area (Å²) in [6.07, 6.45) is 3.12. The van der Waals surface area contributed by atoms with Gasteiger partial charge in [-0.1, -0.05) is 0 Å². The molecule has 0 amide bonds. The van der Waals surface area contributed by atoms with Gasteiger partial charge in [-0.05, 0) is 19.9 Å². The molecule has 4 heteroatoms. The monoisotopic (exact) mass is 167 g/mol. The van der Waals surface area contributed by atoms with Crippen LogP contribution in [0.1, 0.15) is 23.9 Å². The maximum absolute atomic E-state index is 9.52. The van der Waals surface area contributed by atoms with Crippen molar-refractivity contribution in [2.24, 2.45) is 5.73 Å². The lowest BCUT2D eigenvalue weighted by molar-refractivity contribution is 0.164. The van der Waals surface area contributed by atoms with E-state index in [1.165, 1.54) is 0 Å². The quantitative estimate of drug-likeness (QED) is 0.673. The Morgan fingerprint density at radius 1 is 1.50 bits per heavy atom. The molecule has 66 valence electrons. The van der Waals surface area contributed by atoms with Crippen LogP contribution in [0.5, 0.6) is 0 Å². The summed E-state index contributed by atoms with van der Waals surface area (Å²) >= 11 is 0. The zero-order chi connectivity index (χ0) is 8.97. The van der Waals surface area contributed by atoms with Crippen molar-refractivity contribution < 1.29 is 5.11 Å². The summed E-state index contributed by atoms with van der Waals surface area (Å²) in [7, 11) is 0. The molecule has 12 heavy (non-hydrogen) atoms. The van der Waals surface area contributed by atoms with Crippen LogP contribution in [0.25, 0.3) is 0 Å². The van der Waals surface area contributed by atoms with E-state index in [2.05, 4.69) is 9.97 Å². The van der Waals surface area contributed by atoms with Gasteiger partial charge in [0.25, 0.3) is 0 Å². The predicted molar refractivity (Wildman–Crippen MR) is 45.4 cm³/mol. The second-order valence-electron chi connectivity index (χ2n) is 2.62. The van der Waals surface area contributed by atoms with Gasteiger partial charge in [-0.3, -0.25) is 9.97 Å². The van der Waals surface area contributed by atoms with E-state index in [0.29, 0.717) is 18.7 Å². The molecule has 1 heterocycles. The Morgan fingerprint density at radius 2 is 2.17 bits per heavy atom. The van der Waals surface area contributed by atoms with Crippen LogP contribution < -0.4 is 5.73 Å². The van der Waals surface area contributed by atoms with Gasteiger partial charge in [0, 0.05) is 12.4 Å². The van der Waals surface area contributed by atoms with Gasteiger partial charge in [0.2, 0.25) is 0 Å². The Balaban J connectivity index is 2.79. The second kappa shape index (κ2) is 4.13. The SMILES string of the molecule is Cc1nccnc1C(O)CCN. The summed E-state index contributed by atoms with van der Waals surface area (Å²) in [5.74, 6) is 0. The number of rotatable bonds is 3. The minimum absolute atomic E-state index is 0.456. The molecule has 1 aromatic rings. The highest BCUT2D eigenvalue weighted by atomic mass is 16.3. The molecule has 0 saturated carbocycles. The van der Waals surface area contributed by atoms with Gasteiger partial charge >= 0.3 is 0 Å². The molecule has 0 spiro atoms. The Bertz CT molecular complexity index is 252. The van der Waals surface area contributed by atoms with Gasteiger partial charge < -0.3 is 10.8 Å². The van der Waals surface area contributed by atoms with Gasteiger partial charge in [-0.2, -0.15) is 0 Å². The average molecular weight is 167 g/mol. The molecule has 0 aromatic carbocycles. The number of hydrogen-bond acceptors (Lipinski definition) is 4. The molecule has 0 aliphatic carbocycles. The third-order valence-electron chi connectivity index (χ3n) is 1.67. The summed E-state index contributed by atoms with van der Waals surface area (Å²) in [6, 6.07) is 0. The van der Waals surface area contributed by atoms with Crippen LogP contribution in [0.4, 0.5) is 0 Å². The highest BCUT2D eigenvalue weighted by Crippen LogP contribution is 2.14. The number of nitrogens with two attached hydrogens (primary N) is 1. The standard InChI is InChI=1S/C8H13N3O/c1-6-8(7(12)2-3-9)11-5-4-10-6/h4-5,7,12H,2-3,9H2,1H3. The first-order valence-electron chi connectivity index (χ1n) is 3.91. The van der Waals surface area contributed by atoms with Crippen molar-refractivity contribution >= 4 is 0 Å². The van der Waals surface area contributed by atoms with Crippen molar-refractivity contribution in [3.8, 4) is 0 Å². The number of aliphatic hydroxyl groups excluding tert-OH is 1. The van der Waals surface area contributed by atoms with E-state index in [0.717, 1.165) is 5.69 Å². The van der Waals surface area contributed by atoms with Crippen LogP contribution in [0.2, 0.25) is 0 Å². The first-order chi connectivity index (χ1) is 5.75. The van der Waals surface area contributed by atoms with Crippen LogP contribution in [-0.2, 0) is 0 Å². The van der Waals surface area contributed by atoms with Crippen molar-refractivity contribution in [2.75, 3.05) is 6.54 Å². The zero-order valence-corrected chi connectivity index (χ0v) is 7.07. The fourth-order valence-corrected chi connectivity index (χ4v) is 1.04.